The topological polar surface area (TPSA) is 21.3 Å². The molecular weight excluding hydrogens is 162 g/mol. The predicted octanol–water partition coefficient (Wildman–Crippen LogP) is 2.05. The van der Waals surface area contributed by atoms with Crippen LogP contribution in [0.15, 0.2) is 0 Å². The fourth-order valence-corrected chi connectivity index (χ4v) is 1.55. The van der Waals surface area contributed by atoms with Gasteiger partial charge < -0.3 is 10.1 Å². The van der Waals surface area contributed by atoms with Gasteiger partial charge in [0.2, 0.25) is 0 Å². The molecule has 0 radical (unpaired) electrons. The maximum Gasteiger partial charge on any atom is 0.0570 e. The molecule has 2 atom stereocenters. The van der Waals surface area contributed by atoms with Crippen LogP contribution in [0.1, 0.15) is 33.6 Å². The summed E-state index contributed by atoms with van der Waals surface area (Å²) in [6.07, 6.45) is 3.05. The Labute approximate surface area is 82.0 Å². The zero-order valence-electron chi connectivity index (χ0n) is 9.18. The first-order valence-corrected chi connectivity index (χ1v) is 5.52. The quantitative estimate of drug-likeness (QED) is 0.723. The smallest absolute Gasteiger partial charge is 0.0570 e. The van der Waals surface area contributed by atoms with Crippen molar-refractivity contribution in [1.82, 2.24) is 5.32 Å². The van der Waals surface area contributed by atoms with E-state index in [1.54, 1.807) is 0 Å². The molecule has 0 aromatic rings. The lowest BCUT2D eigenvalue weighted by atomic mass is 10.0. The number of hydrogen-bond acceptors (Lipinski definition) is 2. The molecule has 1 N–H and O–H groups in total. The first kappa shape index (κ1) is 11.0. The van der Waals surface area contributed by atoms with Crippen LogP contribution in [0.5, 0.6) is 0 Å². The molecule has 2 unspecified atom stereocenters. The van der Waals surface area contributed by atoms with Crippen LogP contribution >= 0.6 is 0 Å². The van der Waals surface area contributed by atoms with E-state index in [1.807, 2.05) is 0 Å². The maximum absolute atomic E-state index is 5.80. The second-order valence-corrected chi connectivity index (χ2v) is 4.49. The molecule has 13 heavy (non-hydrogen) atoms. The van der Waals surface area contributed by atoms with Crippen molar-refractivity contribution in [2.45, 2.75) is 39.7 Å². The van der Waals surface area contributed by atoms with Crippen LogP contribution < -0.4 is 5.32 Å². The average Bonchev–Trinajstić information content (AvgIpc) is 2.15. The van der Waals surface area contributed by atoms with E-state index in [9.17, 15) is 0 Å². The number of ether oxygens (including phenoxy) is 1. The molecule has 1 fully saturated rings. The lowest BCUT2D eigenvalue weighted by Crippen LogP contribution is -2.33. The van der Waals surface area contributed by atoms with Gasteiger partial charge in [-0.1, -0.05) is 13.8 Å². The minimum atomic E-state index is 0.405. The molecule has 1 saturated heterocycles. The Hall–Kier alpha value is -0.0800. The van der Waals surface area contributed by atoms with Gasteiger partial charge in [-0.25, -0.2) is 0 Å². The minimum absolute atomic E-state index is 0.405. The van der Waals surface area contributed by atoms with E-state index in [0.717, 1.165) is 19.1 Å². The molecule has 1 aliphatic rings. The van der Waals surface area contributed by atoms with E-state index in [2.05, 4.69) is 26.1 Å². The number of nitrogens with one attached hydrogen (secondary N) is 1. The molecule has 0 bridgehead atoms. The molecule has 2 nitrogen and oxygen atoms in total. The summed E-state index contributed by atoms with van der Waals surface area (Å²) in [5, 5.41) is 3.41. The van der Waals surface area contributed by atoms with Crippen molar-refractivity contribution in [3.05, 3.63) is 0 Å². The van der Waals surface area contributed by atoms with Crippen molar-refractivity contribution in [2.24, 2.45) is 11.8 Å². The highest BCUT2D eigenvalue weighted by molar-refractivity contribution is 4.69. The predicted molar refractivity (Wildman–Crippen MR) is 55.8 cm³/mol. The van der Waals surface area contributed by atoms with Crippen molar-refractivity contribution in [1.29, 1.82) is 0 Å². The van der Waals surface area contributed by atoms with Gasteiger partial charge in [-0.05, 0) is 38.1 Å². The Balaban J connectivity index is 2.10. The van der Waals surface area contributed by atoms with E-state index in [-0.39, 0.29) is 0 Å². The monoisotopic (exact) mass is 185 g/mol. The zero-order valence-corrected chi connectivity index (χ0v) is 9.18. The Morgan fingerprint density at radius 2 is 2.15 bits per heavy atom. The Morgan fingerprint density at radius 3 is 2.69 bits per heavy atom. The summed E-state index contributed by atoms with van der Waals surface area (Å²) in [4.78, 5) is 0. The van der Waals surface area contributed by atoms with E-state index < -0.39 is 0 Å². The van der Waals surface area contributed by atoms with Gasteiger partial charge in [0.1, 0.15) is 0 Å². The zero-order chi connectivity index (χ0) is 9.68. The lowest BCUT2D eigenvalue weighted by molar-refractivity contribution is 0.00930. The molecule has 0 aromatic heterocycles. The lowest BCUT2D eigenvalue weighted by Gasteiger charge is -2.25. The molecule has 1 aliphatic heterocycles. The summed E-state index contributed by atoms with van der Waals surface area (Å²) >= 11 is 0. The molecule has 0 aromatic carbocycles. The van der Waals surface area contributed by atoms with E-state index in [1.165, 1.54) is 19.4 Å². The van der Waals surface area contributed by atoms with Gasteiger partial charge in [-0.2, -0.15) is 0 Å². The van der Waals surface area contributed by atoms with Gasteiger partial charge in [0.25, 0.3) is 0 Å². The molecule has 1 heterocycles. The van der Waals surface area contributed by atoms with Crippen LogP contribution in [-0.4, -0.2) is 25.8 Å². The summed E-state index contributed by atoms with van der Waals surface area (Å²) in [5.41, 5.74) is 0. The highest BCUT2D eigenvalue weighted by Gasteiger charge is 2.15. The summed E-state index contributed by atoms with van der Waals surface area (Å²) < 4.78 is 5.80. The van der Waals surface area contributed by atoms with Crippen LogP contribution in [0.3, 0.4) is 0 Å². The van der Waals surface area contributed by atoms with Crippen molar-refractivity contribution in [3.8, 4) is 0 Å². The number of rotatable bonds is 4. The van der Waals surface area contributed by atoms with Crippen molar-refractivity contribution >= 4 is 0 Å². The third-order valence-electron chi connectivity index (χ3n) is 2.93. The molecule has 0 spiro atoms. The Bertz CT molecular complexity index is 130. The van der Waals surface area contributed by atoms with Crippen LogP contribution in [0.4, 0.5) is 0 Å². The second kappa shape index (κ2) is 5.61. The van der Waals surface area contributed by atoms with Crippen LogP contribution in [0, 0.1) is 11.8 Å². The highest BCUT2D eigenvalue weighted by Crippen LogP contribution is 2.13. The van der Waals surface area contributed by atoms with Gasteiger partial charge in [0, 0.05) is 6.54 Å². The summed E-state index contributed by atoms with van der Waals surface area (Å²) in [6.45, 7) is 9.86. The van der Waals surface area contributed by atoms with Gasteiger partial charge in [-0.15, -0.1) is 0 Å². The summed E-state index contributed by atoms with van der Waals surface area (Å²) in [5.74, 6) is 1.38. The van der Waals surface area contributed by atoms with Crippen LogP contribution in [0.2, 0.25) is 0 Å². The van der Waals surface area contributed by atoms with Crippen LogP contribution in [0.25, 0.3) is 0 Å². The normalized spacial score (nSPS) is 26.3. The SMILES string of the molecule is CC(C)C(C)OCC1CCCNC1. The van der Waals surface area contributed by atoms with E-state index in [0.29, 0.717) is 12.0 Å². The molecule has 0 amide bonds. The highest BCUT2D eigenvalue weighted by atomic mass is 16.5. The van der Waals surface area contributed by atoms with Crippen molar-refractivity contribution < 1.29 is 4.74 Å². The van der Waals surface area contributed by atoms with E-state index in [4.69, 9.17) is 4.74 Å². The molecule has 2 heteroatoms. The average molecular weight is 185 g/mol. The third-order valence-corrected chi connectivity index (χ3v) is 2.93. The standard InChI is InChI=1S/C11H23NO/c1-9(2)10(3)13-8-11-5-4-6-12-7-11/h9-12H,4-8H2,1-3H3. The van der Waals surface area contributed by atoms with Crippen molar-refractivity contribution in [2.75, 3.05) is 19.7 Å². The van der Waals surface area contributed by atoms with Gasteiger partial charge in [0.05, 0.1) is 12.7 Å². The Morgan fingerprint density at radius 1 is 1.38 bits per heavy atom. The maximum atomic E-state index is 5.80. The fourth-order valence-electron chi connectivity index (χ4n) is 1.55. The number of hydrogen-bond donors (Lipinski definition) is 1. The van der Waals surface area contributed by atoms with Gasteiger partial charge in [0.15, 0.2) is 0 Å². The van der Waals surface area contributed by atoms with Gasteiger partial charge >= 0.3 is 0 Å². The largest absolute Gasteiger partial charge is 0.378 e. The molecule has 1 rings (SSSR count). The number of piperidine rings is 1. The fraction of sp³-hybridized carbons (Fsp3) is 1.00. The van der Waals surface area contributed by atoms with Crippen LogP contribution in [-0.2, 0) is 4.74 Å². The second-order valence-electron chi connectivity index (χ2n) is 4.49. The van der Waals surface area contributed by atoms with Crippen molar-refractivity contribution in [3.63, 3.8) is 0 Å². The minimum Gasteiger partial charge on any atom is -0.378 e. The van der Waals surface area contributed by atoms with Gasteiger partial charge in [-0.3, -0.25) is 0 Å². The van der Waals surface area contributed by atoms with E-state index >= 15 is 0 Å². The first-order chi connectivity index (χ1) is 6.20. The molecule has 0 saturated carbocycles. The summed E-state index contributed by atoms with van der Waals surface area (Å²) in [7, 11) is 0. The Kier molecular flexibility index (Phi) is 4.74. The molecule has 0 aliphatic carbocycles. The third kappa shape index (κ3) is 4.10. The first-order valence-electron chi connectivity index (χ1n) is 5.52. The molecule has 78 valence electrons. The molecular formula is C11H23NO. The summed E-state index contributed by atoms with van der Waals surface area (Å²) in [6, 6.07) is 0.